The van der Waals surface area contributed by atoms with Crippen molar-refractivity contribution in [2.45, 2.75) is 0 Å². The first kappa shape index (κ1) is 6.55. The normalized spacial score (nSPS) is 11.1. The molecule has 0 N–H and O–H groups in total. The molecule has 5 heteroatoms. The van der Waals surface area contributed by atoms with Crippen LogP contribution in [0.15, 0.2) is 11.7 Å². The first-order valence-electron chi connectivity index (χ1n) is 1.23. The fourth-order valence-corrected chi connectivity index (χ4v) is 0. The summed E-state index contributed by atoms with van der Waals surface area (Å²) in [6, 6.07) is 0. The molecule has 0 saturated carbocycles. The summed E-state index contributed by atoms with van der Waals surface area (Å²) in [5.41, 5.74) is 0. The van der Waals surface area contributed by atoms with Crippen molar-refractivity contribution in [3.05, 3.63) is 11.7 Å². The van der Waals surface area contributed by atoms with Crippen LogP contribution in [-0.4, -0.2) is 8.42 Å². The monoisotopic (exact) mass is 128 g/mol. The zero-order valence-electron chi connectivity index (χ0n) is 3.19. The van der Waals surface area contributed by atoms with Crippen LogP contribution in [0.5, 0.6) is 0 Å². The third-order valence-corrected chi connectivity index (χ3v) is 0.794. The first-order chi connectivity index (χ1) is 2.94. The van der Waals surface area contributed by atoms with Gasteiger partial charge in [0.25, 0.3) is 0 Å². The number of hydrogen-bond acceptors (Lipinski definition) is 2. The molecule has 0 spiro atoms. The summed E-state index contributed by atoms with van der Waals surface area (Å²) in [6.45, 7) is 2.20. The molecule has 7 heavy (non-hydrogen) atoms. The van der Waals surface area contributed by atoms with Gasteiger partial charge in [-0.05, 0) is 6.58 Å². The van der Waals surface area contributed by atoms with Gasteiger partial charge in [-0.3, -0.25) is 0 Å². The van der Waals surface area contributed by atoms with Crippen LogP contribution in [0, 0.1) is 0 Å². The number of halogens is 2. The minimum Gasteiger partial charge on any atom is -0.192 e. The molecule has 0 aromatic rings. The lowest BCUT2D eigenvalue weighted by molar-refractivity contribution is 0.537. The standard InChI is InChI=1S/C2H2F2O2S/c1-2(3)7(4,5)6/h1H2. The summed E-state index contributed by atoms with van der Waals surface area (Å²) in [6.07, 6.45) is 0. The first-order valence-corrected chi connectivity index (χ1v) is 2.62. The lowest BCUT2D eigenvalue weighted by Gasteiger charge is -1.78. The molecule has 0 saturated heterocycles. The van der Waals surface area contributed by atoms with E-state index >= 15 is 0 Å². The fourth-order valence-electron chi connectivity index (χ4n) is 0. The highest BCUT2D eigenvalue weighted by Crippen LogP contribution is 2.04. The molecule has 0 amide bonds. The maximum Gasteiger partial charge on any atom is 0.358 e. The SMILES string of the molecule is C=C(F)S(=O)(=O)F. The van der Waals surface area contributed by atoms with E-state index in [1.54, 1.807) is 0 Å². The van der Waals surface area contributed by atoms with Gasteiger partial charge in [0, 0.05) is 0 Å². The molecular weight excluding hydrogens is 126 g/mol. The van der Waals surface area contributed by atoms with Gasteiger partial charge in [0.2, 0.25) is 5.16 Å². The van der Waals surface area contributed by atoms with Crippen molar-refractivity contribution in [1.29, 1.82) is 0 Å². The second-order valence-electron chi connectivity index (χ2n) is 0.793. The largest absolute Gasteiger partial charge is 0.358 e. The number of rotatable bonds is 1. The Morgan fingerprint density at radius 1 is 1.57 bits per heavy atom. The van der Waals surface area contributed by atoms with E-state index in [0.29, 0.717) is 0 Å². The van der Waals surface area contributed by atoms with Crippen molar-refractivity contribution in [1.82, 2.24) is 0 Å². The third-order valence-electron chi connectivity index (χ3n) is 0.265. The highest BCUT2D eigenvalue weighted by Gasteiger charge is 2.10. The van der Waals surface area contributed by atoms with Crippen LogP contribution >= 0.6 is 0 Å². The predicted octanol–water partition coefficient (Wildman–Crippen LogP) is 0.726. The van der Waals surface area contributed by atoms with Crippen molar-refractivity contribution >= 4 is 10.2 Å². The summed E-state index contributed by atoms with van der Waals surface area (Å²) in [5.74, 6) is 0. The topological polar surface area (TPSA) is 34.1 Å². The van der Waals surface area contributed by atoms with Crippen molar-refractivity contribution < 1.29 is 16.7 Å². The van der Waals surface area contributed by atoms with E-state index in [9.17, 15) is 16.7 Å². The van der Waals surface area contributed by atoms with Gasteiger partial charge in [0.15, 0.2) is 0 Å². The molecule has 0 rings (SSSR count). The zero-order valence-corrected chi connectivity index (χ0v) is 4.00. The maximum atomic E-state index is 11.1. The van der Waals surface area contributed by atoms with Crippen LogP contribution in [-0.2, 0) is 10.2 Å². The molecule has 0 unspecified atom stereocenters. The van der Waals surface area contributed by atoms with Crippen molar-refractivity contribution in [3.8, 4) is 0 Å². The van der Waals surface area contributed by atoms with Gasteiger partial charge < -0.3 is 0 Å². The van der Waals surface area contributed by atoms with Gasteiger partial charge in [-0.15, -0.1) is 0 Å². The molecule has 0 fully saturated rings. The van der Waals surface area contributed by atoms with E-state index in [-0.39, 0.29) is 0 Å². The second-order valence-corrected chi connectivity index (χ2v) is 2.11. The quantitative estimate of drug-likeness (QED) is 0.488. The second kappa shape index (κ2) is 1.57. The molecule has 0 aliphatic heterocycles. The molecule has 0 atom stereocenters. The molecule has 0 aromatic heterocycles. The molecule has 0 aliphatic rings. The van der Waals surface area contributed by atoms with E-state index in [4.69, 9.17) is 0 Å². The van der Waals surface area contributed by atoms with Gasteiger partial charge in [0.1, 0.15) is 0 Å². The number of hydrogen-bond donors (Lipinski definition) is 0. The molecule has 2 nitrogen and oxygen atoms in total. The van der Waals surface area contributed by atoms with Crippen LogP contribution in [0.3, 0.4) is 0 Å². The van der Waals surface area contributed by atoms with Gasteiger partial charge in [-0.25, -0.2) is 0 Å². The predicted molar refractivity (Wildman–Crippen MR) is 20.3 cm³/mol. The molecule has 0 aliphatic carbocycles. The van der Waals surface area contributed by atoms with Crippen LogP contribution in [0.2, 0.25) is 0 Å². The third kappa shape index (κ3) is 2.27. The lowest BCUT2D eigenvalue weighted by Crippen LogP contribution is -1.85. The highest BCUT2D eigenvalue weighted by molar-refractivity contribution is 7.90. The van der Waals surface area contributed by atoms with E-state index in [1.807, 2.05) is 0 Å². The fraction of sp³-hybridized carbons (Fsp3) is 0. The van der Waals surface area contributed by atoms with Gasteiger partial charge in [-0.2, -0.15) is 12.8 Å². The average molecular weight is 128 g/mol. The van der Waals surface area contributed by atoms with E-state index in [1.165, 1.54) is 0 Å². The lowest BCUT2D eigenvalue weighted by atomic mass is 11.2. The van der Waals surface area contributed by atoms with Gasteiger partial charge in [0.05, 0.1) is 0 Å². The molecule has 0 aromatic carbocycles. The molecule has 0 radical (unpaired) electrons. The Morgan fingerprint density at radius 2 is 1.71 bits per heavy atom. The molecular formula is C2H2F2O2S. The van der Waals surface area contributed by atoms with E-state index in [2.05, 4.69) is 6.58 Å². The summed E-state index contributed by atoms with van der Waals surface area (Å²) in [4.78, 5) is 0. The van der Waals surface area contributed by atoms with Crippen LogP contribution < -0.4 is 0 Å². The Balaban J connectivity index is 4.43. The van der Waals surface area contributed by atoms with E-state index < -0.39 is 15.4 Å². The van der Waals surface area contributed by atoms with Gasteiger partial charge >= 0.3 is 10.2 Å². The van der Waals surface area contributed by atoms with Crippen LogP contribution in [0.25, 0.3) is 0 Å². The Hall–Kier alpha value is -0.450. The van der Waals surface area contributed by atoms with Crippen molar-refractivity contribution in [3.63, 3.8) is 0 Å². The zero-order chi connectivity index (χ0) is 6.08. The van der Waals surface area contributed by atoms with E-state index in [0.717, 1.165) is 0 Å². The summed E-state index contributed by atoms with van der Waals surface area (Å²) in [5, 5.41) is -1.95. The van der Waals surface area contributed by atoms with Crippen LogP contribution in [0.1, 0.15) is 0 Å². The summed E-state index contributed by atoms with van der Waals surface area (Å²) >= 11 is 0. The van der Waals surface area contributed by atoms with Crippen molar-refractivity contribution in [2.24, 2.45) is 0 Å². The van der Waals surface area contributed by atoms with Crippen molar-refractivity contribution in [2.75, 3.05) is 0 Å². The smallest absolute Gasteiger partial charge is 0.192 e. The minimum atomic E-state index is -5.10. The highest BCUT2D eigenvalue weighted by atomic mass is 32.3. The molecule has 0 bridgehead atoms. The Labute approximate surface area is 39.7 Å². The average Bonchev–Trinajstić information content (AvgIpc) is 1.31. The summed E-state index contributed by atoms with van der Waals surface area (Å²) in [7, 11) is -5.10. The van der Waals surface area contributed by atoms with Crippen LogP contribution in [0.4, 0.5) is 8.28 Å². The Bertz CT molecular complexity index is 168. The maximum absolute atomic E-state index is 11.1. The van der Waals surface area contributed by atoms with Gasteiger partial charge in [-0.1, -0.05) is 3.89 Å². The molecule has 0 heterocycles. The minimum absolute atomic E-state index is 1.95. The Morgan fingerprint density at radius 3 is 1.71 bits per heavy atom. The Kier molecular flexibility index (Phi) is 1.47. The molecule has 42 valence electrons. The summed E-state index contributed by atoms with van der Waals surface area (Å²) < 4.78 is 40.4.